The number of aliphatic hydroxyl groups excluding tert-OH is 1. The van der Waals surface area contributed by atoms with Crippen LogP contribution < -0.4 is 0 Å². The highest BCUT2D eigenvalue weighted by Gasteiger charge is 2.25. The molecule has 138 valence electrons. The summed E-state index contributed by atoms with van der Waals surface area (Å²) in [5.41, 5.74) is 3.19. The molecule has 1 aliphatic heterocycles. The molecule has 1 aromatic heterocycles. The number of carbonyl (C=O) groups is 1. The average molecular weight is 362 g/mol. The first-order valence-electron chi connectivity index (χ1n) is 9.19. The van der Waals surface area contributed by atoms with Gasteiger partial charge in [0.05, 0.1) is 30.0 Å². The Bertz CT molecular complexity index is 943. The lowest BCUT2D eigenvalue weighted by Gasteiger charge is -2.23. The van der Waals surface area contributed by atoms with Gasteiger partial charge in [0.15, 0.2) is 0 Å². The Balaban J connectivity index is 1.78. The lowest BCUT2D eigenvalue weighted by molar-refractivity contribution is 0.0730. The van der Waals surface area contributed by atoms with Crippen LogP contribution in [0.2, 0.25) is 0 Å². The highest BCUT2D eigenvalue weighted by Crippen LogP contribution is 2.26. The molecule has 2 heterocycles. The highest BCUT2D eigenvalue weighted by atomic mass is 16.5. The smallest absolute Gasteiger partial charge is 0.254 e. The average Bonchev–Trinajstić information content (AvgIpc) is 2.99. The Kier molecular flexibility index (Phi) is 5.14. The Morgan fingerprint density at radius 3 is 2.74 bits per heavy atom. The van der Waals surface area contributed by atoms with Crippen molar-refractivity contribution < 1.29 is 14.6 Å². The summed E-state index contributed by atoms with van der Waals surface area (Å²) in [5, 5.41) is 10.4. The van der Waals surface area contributed by atoms with E-state index in [9.17, 15) is 9.90 Å². The van der Waals surface area contributed by atoms with Gasteiger partial charge in [0.2, 0.25) is 0 Å². The van der Waals surface area contributed by atoms with Crippen LogP contribution in [0, 0.1) is 5.92 Å². The van der Waals surface area contributed by atoms with Crippen molar-refractivity contribution in [2.24, 2.45) is 5.92 Å². The Morgan fingerprint density at radius 2 is 1.93 bits per heavy atom. The summed E-state index contributed by atoms with van der Waals surface area (Å²) in [4.78, 5) is 19.9. The first-order chi connectivity index (χ1) is 13.3. The van der Waals surface area contributed by atoms with Crippen LogP contribution in [0.4, 0.5) is 0 Å². The molecule has 27 heavy (non-hydrogen) atoms. The van der Waals surface area contributed by atoms with Gasteiger partial charge in [-0.25, -0.2) is 4.98 Å². The highest BCUT2D eigenvalue weighted by molar-refractivity contribution is 6.07. The number of fused-ring (bicyclic) bond motifs is 1. The van der Waals surface area contributed by atoms with Gasteiger partial charge < -0.3 is 14.7 Å². The molecule has 5 nitrogen and oxygen atoms in total. The maximum absolute atomic E-state index is 13.4. The molecule has 1 amide bonds. The number of amides is 1. The van der Waals surface area contributed by atoms with Crippen molar-refractivity contribution in [2.75, 3.05) is 32.9 Å². The molecule has 4 rings (SSSR count). The molecule has 5 heteroatoms. The van der Waals surface area contributed by atoms with E-state index in [0.29, 0.717) is 31.9 Å². The maximum atomic E-state index is 13.4. The molecule has 0 radical (unpaired) electrons. The number of nitrogens with zero attached hydrogens (tertiary/aromatic N) is 2. The molecular formula is C22H22N2O3. The molecule has 0 unspecified atom stereocenters. The van der Waals surface area contributed by atoms with E-state index in [1.807, 2.05) is 60.7 Å². The third kappa shape index (κ3) is 3.70. The van der Waals surface area contributed by atoms with E-state index < -0.39 is 0 Å². The van der Waals surface area contributed by atoms with Gasteiger partial charge in [0.1, 0.15) is 0 Å². The number of hydrogen-bond donors (Lipinski definition) is 1. The van der Waals surface area contributed by atoms with Crippen molar-refractivity contribution in [1.29, 1.82) is 0 Å². The van der Waals surface area contributed by atoms with E-state index in [-0.39, 0.29) is 18.4 Å². The second-order valence-electron chi connectivity index (χ2n) is 6.81. The molecule has 1 N–H and O–H groups in total. The van der Waals surface area contributed by atoms with E-state index in [4.69, 9.17) is 9.72 Å². The second kappa shape index (κ2) is 7.86. The van der Waals surface area contributed by atoms with Gasteiger partial charge in [-0.2, -0.15) is 0 Å². The molecule has 1 aliphatic rings. The van der Waals surface area contributed by atoms with Crippen molar-refractivity contribution >= 4 is 16.8 Å². The monoisotopic (exact) mass is 362 g/mol. The van der Waals surface area contributed by atoms with Crippen LogP contribution >= 0.6 is 0 Å². The summed E-state index contributed by atoms with van der Waals surface area (Å²) in [7, 11) is 0. The largest absolute Gasteiger partial charge is 0.396 e. The standard InChI is InChI=1S/C22H22N2O3/c25-14-16-13-24(10-11-27-15-16)22(26)19-12-21(17-6-2-1-3-7-17)23-20-9-5-4-8-18(19)20/h1-9,12,16,25H,10-11,13-15H2/t16-/m0/s1. The van der Waals surface area contributed by atoms with Crippen molar-refractivity contribution in [3.63, 3.8) is 0 Å². The number of benzene rings is 2. The zero-order valence-electron chi connectivity index (χ0n) is 15.0. The van der Waals surface area contributed by atoms with Crippen LogP contribution in [0.5, 0.6) is 0 Å². The Labute approximate surface area is 158 Å². The second-order valence-corrected chi connectivity index (χ2v) is 6.81. The van der Waals surface area contributed by atoms with E-state index in [1.54, 1.807) is 4.90 Å². The molecule has 0 spiro atoms. The molecule has 0 bridgehead atoms. The summed E-state index contributed by atoms with van der Waals surface area (Å²) in [6.45, 7) is 1.99. The fourth-order valence-electron chi connectivity index (χ4n) is 3.45. The molecule has 1 atom stereocenters. The first kappa shape index (κ1) is 17.6. The zero-order chi connectivity index (χ0) is 18.6. The van der Waals surface area contributed by atoms with Crippen molar-refractivity contribution in [1.82, 2.24) is 9.88 Å². The molecule has 1 saturated heterocycles. The van der Waals surface area contributed by atoms with Crippen LogP contribution in [0.1, 0.15) is 10.4 Å². The van der Waals surface area contributed by atoms with Gasteiger partial charge >= 0.3 is 0 Å². The summed E-state index contributed by atoms with van der Waals surface area (Å²) in [5.74, 6) is -0.104. The van der Waals surface area contributed by atoms with Gasteiger partial charge in [-0.05, 0) is 12.1 Å². The minimum Gasteiger partial charge on any atom is -0.396 e. The number of hydrogen-bond acceptors (Lipinski definition) is 4. The molecule has 3 aromatic rings. The lowest BCUT2D eigenvalue weighted by atomic mass is 10.0. The quantitative estimate of drug-likeness (QED) is 0.778. The number of para-hydroxylation sites is 1. The van der Waals surface area contributed by atoms with Gasteiger partial charge in [-0.1, -0.05) is 48.5 Å². The topological polar surface area (TPSA) is 62.7 Å². The zero-order valence-corrected chi connectivity index (χ0v) is 15.0. The molecule has 0 saturated carbocycles. The first-order valence-corrected chi connectivity index (χ1v) is 9.19. The third-order valence-electron chi connectivity index (χ3n) is 4.90. The van der Waals surface area contributed by atoms with Gasteiger partial charge in [0, 0.05) is 36.6 Å². The van der Waals surface area contributed by atoms with Gasteiger partial charge in [-0.15, -0.1) is 0 Å². The van der Waals surface area contributed by atoms with E-state index in [2.05, 4.69) is 0 Å². The number of aromatic nitrogens is 1. The normalized spacial score (nSPS) is 17.7. The minimum atomic E-state index is -0.0573. The number of aliphatic hydroxyl groups is 1. The molecular weight excluding hydrogens is 340 g/mol. The van der Waals surface area contributed by atoms with Gasteiger partial charge in [-0.3, -0.25) is 4.79 Å². The predicted octanol–water partition coefficient (Wildman–Crippen LogP) is 2.98. The fourth-order valence-corrected chi connectivity index (χ4v) is 3.45. The maximum Gasteiger partial charge on any atom is 0.254 e. The summed E-state index contributed by atoms with van der Waals surface area (Å²) in [6.07, 6.45) is 0. The predicted molar refractivity (Wildman–Crippen MR) is 104 cm³/mol. The SMILES string of the molecule is O=C(c1cc(-c2ccccc2)nc2ccccc12)N1CCOC[C@H](CO)C1. The Hall–Kier alpha value is -2.76. The van der Waals surface area contributed by atoms with Crippen LogP contribution in [0.3, 0.4) is 0 Å². The van der Waals surface area contributed by atoms with Crippen LogP contribution in [-0.4, -0.2) is 53.8 Å². The van der Waals surface area contributed by atoms with Crippen LogP contribution in [0.25, 0.3) is 22.2 Å². The summed E-state index contributed by atoms with van der Waals surface area (Å²) in [6, 6.07) is 19.5. The molecule has 0 aliphatic carbocycles. The third-order valence-corrected chi connectivity index (χ3v) is 4.90. The van der Waals surface area contributed by atoms with Gasteiger partial charge in [0.25, 0.3) is 5.91 Å². The fraction of sp³-hybridized carbons (Fsp3) is 0.273. The summed E-state index contributed by atoms with van der Waals surface area (Å²) < 4.78 is 5.53. The van der Waals surface area contributed by atoms with E-state index in [0.717, 1.165) is 22.2 Å². The van der Waals surface area contributed by atoms with E-state index >= 15 is 0 Å². The lowest BCUT2D eigenvalue weighted by Crippen LogP contribution is -2.37. The van der Waals surface area contributed by atoms with E-state index in [1.165, 1.54) is 0 Å². The Morgan fingerprint density at radius 1 is 1.15 bits per heavy atom. The number of pyridine rings is 1. The molecule has 2 aromatic carbocycles. The molecule has 1 fully saturated rings. The number of rotatable bonds is 3. The van der Waals surface area contributed by atoms with Crippen molar-refractivity contribution in [3.05, 3.63) is 66.2 Å². The van der Waals surface area contributed by atoms with Crippen molar-refractivity contribution in [2.45, 2.75) is 0 Å². The van der Waals surface area contributed by atoms with Crippen LogP contribution in [-0.2, 0) is 4.74 Å². The van der Waals surface area contributed by atoms with Crippen molar-refractivity contribution in [3.8, 4) is 11.3 Å². The van der Waals surface area contributed by atoms with Crippen LogP contribution in [0.15, 0.2) is 60.7 Å². The minimum absolute atomic E-state index is 0.0101. The number of carbonyl (C=O) groups excluding carboxylic acids is 1. The summed E-state index contributed by atoms with van der Waals surface area (Å²) >= 11 is 0. The number of ether oxygens (including phenoxy) is 1.